The summed E-state index contributed by atoms with van der Waals surface area (Å²) in [5.41, 5.74) is 5.14. The number of alkyl halides is 3. The lowest BCUT2D eigenvalue weighted by molar-refractivity contribution is -0.275. The fraction of sp³-hybridized carbons (Fsp3) is 0.462. The van der Waals surface area contributed by atoms with Gasteiger partial charge in [-0.1, -0.05) is 12.1 Å². The first-order valence-corrected chi connectivity index (χ1v) is 6.10. The highest BCUT2D eigenvalue weighted by Gasteiger charge is 2.44. The monoisotopic (exact) mass is 288 g/mol. The number of amidine groups is 1. The van der Waals surface area contributed by atoms with Gasteiger partial charge in [0.15, 0.2) is 11.5 Å². The standard InChI is InChI=1S/C13H15F3N2O2/c14-13(15,16)20-10-4-2-1-3-9(10)19-8-12(5-6-12)7-11(17)18/h1-4H,5-8H2,(H3,17,18). The largest absolute Gasteiger partial charge is 0.573 e. The third kappa shape index (κ3) is 4.04. The molecule has 20 heavy (non-hydrogen) atoms. The molecule has 110 valence electrons. The first-order chi connectivity index (χ1) is 9.30. The Morgan fingerprint density at radius 2 is 1.85 bits per heavy atom. The molecule has 1 aromatic rings. The highest BCUT2D eigenvalue weighted by atomic mass is 19.4. The van der Waals surface area contributed by atoms with Gasteiger partial charge in [-0.05, 0) is 25.0 Å². The van der Waals surface area contributed by atoms with E-state index in [1.165, 1.54) is 18.2 Å². The molecule has 0 atom stereocenters. The third-order valence-electron chi connectivity index (χ3n) is 3.13. The third-order valence-corrected chi connectivity index (χ3v) is 3.13. The van der Waals surface area contributed by atoms with Crippen LogP contribution in [-0.2, 0) is 0 Å². The van der Waals surface area contributed by atoms with Crippen LogP contribution in [0, 0.1) is 10.8 Å². The first kappa shape index (κ1) is 14.5. The van der Waals surface area contributed by atoms with Crippen molar-refractivity contribution in [2.24, 2.45) is 11.1 Å². The average molecular weight is 288 g/mol. The normalized spacial score (nSPS) is 16.6. The Kier molecular flexibility index (Phi) is 3.78. The Morgan fingerprint density at radius 3 is 2.35 bits per heavy atom. The van der Waals surface area contributed by atoms with Crippen LogP contribution >= 0.6 is 0 Å². The Labute approximate surface area is 114 Å². The number of para-hydroxylation sites is 2. The molecule has 0 amide bonds. The van der Waals surface area contributed by atoms with Gasteiger partial charge >= 0.3 is 6.36 Å². The van der Waals surface area contributed by atoms with E-state index in [9.17, 15) is 13.2 Å². The zero-order chi connectivity index (χ0) is 14.8. The summed E-state index contributed by atoms with van der Waals surface area (Å²) in [4.78, 5) is 0. The van der Waals surface area contributed by atoms with E-state index < -0.39 is 6.36 Å². The van der Waals surface area contributed by atoms with Crippen LogP contribution in [0.5, 0.6) is 11.5 Å². The molecule has 0 aromatic heterocycles. The van der Waals surface area contributed by atoms with E-state index in [4.69, 9.17) is 15.9 Å². The second-order valence-electron chi connectivity index (χ2n) is 4.99. The second-order valence-corrected chi connectivity index (χ2v) is 4.99. The Hall–Kier alpha value is -1.92. The number of nitrogens with one attached hydrogen (secondary N) is 1. The zero-order valence-corrected chi connectivity index (χ0v) is 10.7. The Bertz CT molecular complexity index is 499. The van der Waals surface area contributed by atoms with E-state index >= 15 is 0 Å². The van der Waals surface area contributed by atoms with Crippen LogP contribution in [0.25, 0.3) is 0 Å². The second kappa shape index (κ2) is 5.22. The van der Waals surface area contributed by atoms with Gasteiger partial charge in [-0.15, -0.1) is 13.2 Å². The van der Waals surface area contributed by atoms with Crippen LogP contribution in [0.4, 0.5) is 13.2 Å². The SMILES string of the molecule is N=C(N)CC1(COc2ccccc2OC(F)(F)F)CC1. The summed E-state index contributed by atoms with van der Waals surface area (Å²) in [5, 5.41) is 7.28. The average Bonchev–Trinajstić information content (AvgIpc) is 3.05. The molecule has 1 aliphatic rings. The quantitative estimate of drug-likeness (QED) is 0.624. The van der Waals surface area contributed by atoms with Gasteiger partial charge in [0.05, 0.1) is 12.4 Å². The van der Waals surface area contributed by atoms with Crippen molar-refractivity contribution in [3.05, 3.63) is 24.3 Å². The van der Waals surface area contributed by atoms with E-state index in [-0.39, 0.29) is 29.4 Å². The maximum absolute atomic E-state index is 12.3. The molecule has 3 N–H and O–H groups in total. The van der Waals surface area contributed by atoms with Crippen LogP contribution in [0.15, 0.2) is 24.3 Å². The van der Waals surface area contributed by atoms with E-state index in [1.54, 1.807) is 6.07 Å². The molecular weight excluding hydrogens is 273 g/mol. The number of rotatable bonds is 6. The molecule has 0 saturated heterocycles. The van der Waals surface area contributed by atoms with Crippen LogP contribution in [-0.4, -0.2) is 18.8 Å². The maximum Gasteiger partial charge on any atom is 0.573 e. The summed E-state index contributed by atoms with van der Waals surface area (Å²) in [6.45, 7) is 0.227. The maximum atomic E-state index is 12.3. The molecule has 0 spiro atoms. The molecular formula is C13H15F3N2O2. The summed E-state index contributed by atoms with van der Waals surface area (Å²) in [6, 6.07) is 5.64. The molecule has 0 radical (unpaired) electrons. The summed E-state index contributed by atoms with van der Waals surface area (Å²) >= 11 is 0. The van der Waals surface area contributed by atoms with E-state index in [2.05, 4.69) is 4.74 Å². The number of benzene rings is 1. The van der Waals surface area contributed by atoms with Crippen LogP contribution in [0.1, 0.15) is 19.3 Å². The summed E-state index contributed by atoms with van der Waals surface area (Å²) in [5.74, 6) is -0.260. The van der Waals surface area contributed by atoms with Crippen molar-refractivity contribution in [2.75, 3.05) is 6.61 Å². The molecule has 0 unspecified atom stereocenters. The molecule has 1 aliphatic carbocycles. The summed E-state index contributed by atoms with van der Waals surface area (Å²) in [7, 11) is 0. The molecule has 1 saturated carbocycles. The molecule has 4 nitrogen and oxygen atoms in total. The first-order valence-electron chi connectivity index (χ1n) is 6.10. The van der Waals surface area contributed by atoms with Gasteiger partial charge in [-0.25, -0.2) is 0 Å². The van der Waals surface area contributed by atoms with Gasteiger partial charge in [-0.3, -0.25) is 5.41 Å². The molecule has 1 aromatic carbocycles. The molecule has 1 fully saturated rings. The lowest BCUT2D eigenvalue weighted by Gasteiger charge is -2.18. The molecule has 7 heteroatoms. The van der Waals surface area contributed by atoms with Crippen molar-refractivity contribution in [2.45, 2.75) is 25.6 Å². The highest BCUT2D eigenvalue weighted by Crippen LogP contribution is 2.49. The Morgan fingerprint density at radius 1 is 1.25 bits per heavy atom. The lowest BCUT2D eigenvalue weighted by atomic mass is 10.0. The van der Waals surface area contributed by atoms with Crippen molar-refractivity contribution in [3.63, 3.8) is 0 Å². The van der Waals surface area contributed by atoms with Crippen LogP contribution < -0.4 is 15.2 Å². The van der Waals surface area contributed by atoms with E-state index in [1.807, 2.05) is 0 Å². The predicted octanol–water partition coefficient (Wildman–Crippen LogP) is 3.07. The molecule has 2 rings (SSSR count). The van der Waals surface area contributed by atoms with Gasteiger partial charge in [0.1, 0.15) is 0 Å². The molecule has 0 heterocycles. The van der Waals surface area contributed by atoms with Crippen molar-refractivity contribution in [1.29, 1.82) is 5.41 Å². The fourth-order valence-corrected chi connectivity index (χ4v) is 1.96. The van der Waals surface area contributed by atoms with Crippen molar-refractivity contribution >= 4 is 5.84 Å². The number of halogens is 3. The van der Waals surface area contributed by atoms with Gasteiger partial charge < -0.3 is 15.2 Å². The van der Waals surface area contributed by atoms with Crippen molar-refractivity contribution < 1.29 is 22.6 Å². The van der Waals surface area contributed by atoms with E-state index in [0.717, 1.165) is 12.8 Å². The minimum Gasteiger partial charge on any atom is -0.489 e. The van der Waals surface area contributed by atoms with Crippen molar-refractivity contribution in [1.82, 2.24) is 0 Å². The summed E-state index contributed by atoms with van der Waals surface area (Å²) < 4.78 is 46.1. The number of hydrogen-bond donors (Lipinski definition) is 2. The smallest absolute Gasteiger partial charge is 0.489 e. The van der Waals surface area contributed by atoms with Gasteiger partial charge in [0.25, 0.3) is 0 Å². The predicted molar refractivity (Wildman–Crippen MR) is 66.8 cm³/mol. The minimum absolute atomic E-state index is 0.0413. The van der Waals surface area contributed by atoms with Gasteiger partial charge in [0.2, 0.25) is 0 Å². The molecule has 0 bridgehead atoms. The topological polar surface area (TPSA) is 68.3 Å². The lowest BCUT2D eigenvalue weighted by Crippen LogP contribution is -2.22. The summed E-state index contributed by atoms with van der Waals surface area (Å²) in [6.07, 6.45) is -2.64. The van der Waals surface area contributed by atoms with Gasteiger partial charge in [0, 0.05) is 11.8 Å². The number of ether oxygens (including phenoxy) is 2. The number of nitrogens with two attached hydrogens (primary N) is 1. The Balaban J connectivity index is 2.01. The van der Waals surface area contributed by atoms with E-state index in [0.29, 0.717) is 6.42 Å². The van der Waals surface area contributed by atoms with Crippen molar-refractivity contribution in [3.8, 4) is 11.5 Å². The van der Waals surface area contributed by atoms with Crippen LogP contribution in [0.3, 0.4) is 0 Å². The fourth-order valence-electron chi connectivity index (χ4n) is 1.96. The number of hydrogen-bond acceptors (Lipinski definition) is 3. The minimum atomic E-state index is -4.75. The highest BCUT2D eigenvalue weighted by molar-refractivity contribution is 5.78. The van der Waals surface area contributed by atoms with Gasteiger partial charge in [-0.2, -0.15) is 0 Å². The molecule has 0 aliphatic heterocycles. The zero-order valence-electron chi connectivity index (χ0n) is 10.7. The van der Waals surface area contributed by atoms with Crippen LogP contribution in [0.2, 0.25) is 0 Å².